The minimum atomic E-state index is -0.659. The Hall–Kier alpha value is -0.0900. The van der Waals surface area contributed by atoms with Crippen molar-refractivity contribution in [3.63, 3.8) is 0 Å². The summed E-state index contributed by atoms with van der Waals surface area (Å²) in [6.45, 7) is 0. The van der Waals surface area contributed by atoms with E-state index in [0.29, 0.717) is 6.42 Å². The second-order valence-corrected chi connectivity index (χ2v) is 6.67. The highest BCUT2D eigenvalue weighted by Gasteiger charge is 2.27. The molecule has 0 amide bonds. The Kier molecular flexibility index (Phi) is 4.86. The van der Waals surface area contributed by atoms with Crippen molar-refractivity contribution in [3.05, 3.63) is 21.3 Å². The van der Waals surface area contributed by atoms with Gasteiger partial charge in [-0.3, -0.25) is 0 Å². The summed E-state index contributed by atoms with van der Waals surface area (Å²) >= 11 is 7.32. The van der Waals surface area contributed by atoms with E-state index in [-0.39, 0.29) is 5.92 Å². The van der Waals surface area contributed by atoms with Gasteiger partial charge in [0.05, 0.1) is 16.5 Å². The van der Waals surface area contributed by atoms with Crippen molar-refractivity contribution in [1.82, 2.24) is 0 Å². The van der Waals surface area contributed by atoms with Crippen LogP contribution in [-0.2, 0) is 6.42 Å². The van der Waals surface area contributed by atoms with Crippen molar-refractivity contribution in [1.29, 1.82) is 0 Å². The van der Waals surface area contributed by atoms with Crippen LogP contribution in [0.15, 0.2) is 12.1 Å². The van der Waals surface area contributed by atoms with Crippen molar-refractivity contribution < 1.29 is 10.2 Å². The Bertz CT molecular complexity index is 347. The van der Waals surface area contributed by atoms with Crippen LogP contribution in [0.25, 0.3) is 0 Å². The Balaban J connectivity index is 1.87. The van der Waals surface area contributed by atoms with Crippen LogP contribution in [0, 0.1) is 5.92 Å². The average molecular weight is 275 g/mol. The lowest BCUT2D eigenvalue weighted by molar-refractivity contribution is -0.0260. The molecule has 1 aliphatic carbocycles. The summed E-state index contributed by atoms with van der Waals surface area (Å²) in [6.07, 6.45) is 4.98. The van der Waals surface area contributed by atoms with Gasteiger partial charge in [0.1, 0.15) is 0 Å². The molecule has 2 N–H and O–H groups in total. The van der Waals surface area contributed by atoms with Gasteiger partial charge >= 0.3 is 0 Å². The molecule has 1 aliphatic rings. The SMILES string of the molecule is OC(Cc1ccc(Cl)s1)C(O)C1CCCCC1. The van der Waals surface area contributed by atoms with Crippen LogP contribution in [0.4, 0.5) is 0 Å². The highest BCUT2D eigenvalue weighted by molar-refractivity contribution is 7.16. The lowest BCUT2D eigenvalue weighted by atomic mass is 9.83. The summed E-state index contributed by atoms with van der Waals surface area (Å²) in [5, 5.41) is 20.2. The summed E-state index contributed by atoms with van der Waals surface area (Å²) in [5.41, 5.74) is 0. The van der Waals surface area contributed by atoms with Gasteiger partial charge in [0.2, 0.25) is 0 Å². The summed E-state index contributed by atoms with van der Waals surface area (Å²) in [4.78, 5) is 1.04. The maximum absolute atomic E-state index is 10.1. The van der Waals surface area contributed by atoms with Crippen molar-refractivity contribution >= 4 is 22.9 Å². The van der Waals surface area contributed by atoms with E-state index >= 15 is 0 Å². The number of aliphatic hydroxyl groups is 2. The molecule has 17 heavy (non-hydrogen) atoms. The molecule has 1 heterocycles. The Morgan fingerprint density at radius 1 is 1.24 bits per heavy atom. The molecule has 0 bridgehead atoms. The zero-order chi connectivity index (χ0) is 12.3. The second-order valence-electron chi connectivity index (χ2n) is 4.87. The monoisotopic (exact) mass is 274 g/mol. The Morgan fingerprint density at radius 2 is 1.94 bits per heavy atom. The zero-order valence-electron chi connectivity index (χ0n) is 9.81. The van der Waals surface area contributed by atoms with Crippen molar-refractivity contribution in [2.45, 2.75) is 50.7 Å². The first-order valence-electron chi connectivity index (χ1n) is 6.27. The molecule has 4 heteroatoms. The van der Waals surface area contributed by atoms with Gasteiger partial charge in [-0.2, -0.15) is 0 Å². The van der Waals surface area contributed by atoms with Crippen LogP contribution in [0.1, 0.15) is 37.0 Å². The van der Waals surface area contributed by atoms with Gasteiger partial charge in [0.25, 0.3) is 0 Å². The summed E-state index contributed by atoms with van der Waals surface area (Å²) in [6, 6.07) is 3.76. The molecule has 0 aliphatic heterocycles. The Labute approximate surface area is 111 Å². The quantitative estimate of drug-likeness (QED) is 0.885. The molecule has 0 saturated heterocycles. The molecule has 0 spiro atoms. The predicted molar refractivity (Wildman–Crippen MR) is 71.6 cm³/mol. The fraction of sp³-hybridized carbons (Fsp3) is 0.692. The smallest absolute Gasteiger partial charge is 0.0931 e. The van der Waals surface area contributed by atoms with Gasteiger partial charge in [-0.05, 0) is 30.9 Å². The van der Waals surface area contributed by atoms with Gasteiger partial charge in [0.15, 0.2) is 0 Å². The number of hydrogen-bond acceptors (Lipinski definition) is 3. The van der Waals surface area contributed by atoms with Gasteiger partial charge < -0.3 is 10.2 Å². The van der Waals surface area contributed by atoms with Crippen LogP contribution in [0.5, 0.6) is 0 Å². The number of hydrogen-bond donors (Lipinski definition) is 2. The lowest BCUT2D eigenvalue weighted by Crippen LogP contribution is -2.35. The van der Waals surface area contributed by atoms with E-state index in [1.807, 2.05) is 12.1 Å². The number of aliphatic hydroxyl groups excluding tert-OH is 2. The molecule has 0 aromatic carbocycles. The minimum absolute atomic E-state index is 0.272. The third-order valence-corrected chi connectivity index (χ3v) is 4.82. The van der Waals surface area contributed by atoms with E-state index in [1.54, 1.807) is 0 Å². The standard InChI is InChI=1S/C13H19ClO2S/c14-12-7-6-10(17-12)8-11(15)13(16)9-4-2-1-3-5-9/h6-7,9,11,13,15-16H,1-5,8H2. The first-order chi connectivity index (χ1) is 8.16. The zero-order valence-corrected chi connectivity index (χ0v) is 11.4. The maximum Gasteiger partial charge on any atom is 0.0931 e. The lowest BCUT2D eigenvalue weighted by Gasteiger charge is -2.29. The Morgan fingerprint density at radius 3 is 2.53 bits per heavy atom. The van der Waals surface area contributed by atoms with E-state index in [0.717, 1.165) is 22.1 Å². The summed E-state index contributed by atoms with van der Waals surface area (Å²) in [5.74, 6) is 0.272. The maximum atomic E-state index is 10.1. The van der Waals surface area contributed by atoms with Gasteiger partial charge in [-0.25, -0.2) is 0 Å². The number of halogens is 1. The van der Waals surface area contributed by atoms with E-state index in [4.69, 9.17) is 11.6 Å². The second kappa shape index (κ2) is 6.19. The van der Waals surface area contributed by atoms with E-state index < -0.39 is 12.2 Å². The molecule has 2 unspecified atom stereocenters. The molecule has 1 aromatic heterocycles. The minimum Gasteiger partial charge on any atom is -0.390 e. The van der Waals surface area contributed by atoms with E-state index in [2.05, 4.69) is 0 Å². The van der Waals surface area contributed by atoms with Crippen molar-refractivity contribution in [2.24, 2.45) is 5.92 Å². The third kappa shape index (κ3) is 3.68. The van der Waals surface area contributed by atoms with Crippen LogP contribution in [0.3, 0.4) is 0 Å². The first-order valence-corrected chi connectivity index (χ1v) is 7.46. The molecule has 1 saturated carbocycles. The topological polar surface area (TPSA) is 40.5 Å². The first kappa shape index (κ1) is 13.3. The molecule has 1 fully saturated rings. The molecular formula is C13H19ClO2S. The number of rotatable bonds is 4. The average Bonchev–Trinajstić information content (AvgIpc) is 2.75. The third-order valence-electron chi connectivity index (χ3n) is 3.57. The number of thiophene rings is 1. The fourth-order valence-corrected chi connectivity index (χ4v) is 3.72. The molecule has 0 radical (unpaired) electrons. The van der Waals surface area contributed by atoms with Crippen LogP contribution < -0.4 is 0 Å². The molecule has 1 aromatic rings. The van der Waals surface area contributed by atoms with Gasteiger partial charge in [0, 0.05) is 11.3 Å². The van der Waals surface area contributed by atoms with Crippen LogP contribution in [0.2, 0.25) is 4.34 Å². The van der Waals surface area contributed by atoms with Gasteiger partial charge in [-0.15, -0.1) is 11.3 Å². The fourth-order valence-electron chi connectivity index (χ4n) is 2.58. The molecule has 2 nitrogen and oxygen atoms in total. The molecule has 2 rings (SSSR count). The molecule has 96 valence electrons. The largest absolute Gasteiger partial charge is 0.390 e. The highest BCUT2D eigenvalue weighted by Crippen LogP contribution is 2.29. The molecule has 2 atom stereocenters. The predicted octanol–water partition coefficient (Wildman–Crippen LogP) is 3.25. The van der Waals surface area contributed by atoms with Crippen LogP contribution >= 0.6 is 22.9 Å². The summed E-state index contributed by atoms with van der Waals surface area (Å²) in [7, 11) is 0. The molecular weight excluding hydrogens is 256 g/mol. The van der Waals surface area contributed by atoms with Crippen molar-refractivity contribution in [3.8, 4) is 0 Å². The van der Waals surface area contributed by atoms with E-state index in [9.17, 15) is 10.2 Å². The highest BCUT2D eigenvalue weighted by atomic mass is 35.5. The van der Waals surface area contributed by atoms with Gasteiger partial charge in [-0.1, -0.05) is 30.9 Å². The summed E-state index contributed by atoms with van der Waals surface area (Å²) < 4.78 is 0.736. The van der Waals surface area contributed by atoms with Crippen LogP contribution in [-0.4, -0.2) is 22.4 Å². The van der Waals surface area contributed by atoms with E-state index in [1.165, 1.54) is 30.6 Å². The normalized spacial score (nSPS) is 21.4. The van der Waals surface area contributed by atoms with Crippen molar-refractivity contribution in [2.75, 3.05) is 0 Å².